The molecule has 0 radical (unpaired) electrons. The Morgan fingerprint density at radius 2 is 1.97 bits per heavy atom. The van der Waals surface area contributed by atoms with Crippen molar-refractivity contribution in [2.45, 2.75) is 38.6 Å². The van der Waals surface area contributed by atoms with Gasteiger partial charge in [-0.3, -0.25) is 4.72 Å². The van der Waals surface area contributed by atoms with Crippen LogP contribution in [0.1, 0.15) is 44.2 Å². The normalized spacial score (nSPS) is 13.8. The molecule has 4 aromatic rings. The molecule has 0 spiro atoms. The number of benzene rings is 2. The van der Waals surface area contributed by atoms with E-state index in [1.807, 2.05) is 37.3 Å². The van der Waals surface area contributed by atoms with Crippen molar-refractivity contribution in [1.29, 1.82) is 5.26 Å². The molecule has 0 amide bonds. The highest BCUT2D eigenvalue weighted by Gasteiger charge is 2.28. The van der Waals surface area contributed by atoms with Crippen LogP contribution in [0.25, 0.3) is 22.2 Å². The Labute approximate surface area is 210 Å². The molecule has 2 aromatic heterocycles. The number of nitrogens with one attached hydrogen (secondary N) is 1. The van der Waals surface area contributed by atoms with E-state index in [0.717, 1.165) is 41.4 Å². The van der Waals surface area contributed by atoms with Gasteiger partial charge in [0.15, 0.2) is 0 Å². The van der Waals surface area contributed by atoms with Gasteiger partial charge in [-0.2, -0.15) is 5.26 Å². The third-order valence-electron chi connectivity index (χ3n) is 6.45. The molecule has 8 nitrogen and oxygen atoms in total. The first-order chi connectivity index (χ1) is 17.4. The van der Waals surface area contributed by atoms with Crippen LogP contribution in [-0.2, 0) is 10.0 Å². The van der Waals surface area contributed by atoms with E-state index >= 15 is 0 Å². The molecule has 1 saturated carbocycles. The molecular formula is C27H27N5O3S. The van der Waals surface area contributed by atoms with Crippen molar-refractivity contribution < 1.29 is 13.2 Å². The molecule has 0 bridgehead atoms. The van der Waals surface area contributed by atoms with E-state index < -0.39 is 10.0 Å². The zero-order valence-corrected chi connectivity index (χ0v) is 20.8. The Hall–Kier alpha value is -4.03. The number of hydrogen-bond donors (Lipinski definition) is 2. The second-order valence-electron chi connectivity index (χ2n) is 8.97. The van der Waals surface area contributed by atoms with Gasteiger partial charge in [-0.25, -0.2) is 13.4 Å². The summed E-state index contributed by atoms with van der Waals surface area (Å²) in [6.45, 7) is 1.83. The lowest BCUT2D eigenvalue weighted by molar-refractivity contribution is 0.324. The van der Waals surface area contributed by atoms with Crippen LogP contribution in [0.15, 0.2) is 60.8 Å². The molecule has 0 saturated heterocycles. The number of anilines is 2. The standard InChI is InChI=1S/C27H27N5O3S/c1-2-15-36(33,34)31-19-10-8-18(9-11-19)26-23(17-28)22-13-12-21(35-27-24(29)7-4-14-30-27)16-25(22)32(26)20-5-3-6-20/h4,7-14,16,20,31H,2-3,5-6,15,29H2,1H3. The first-order valence-corrected chi connectivity index (χ1v) is 13.6. The van der Waals surface area contributed by atoms with Crippen molar-refractivity contribution in [3.63, 3.8) is 0 Å². The highest BCUT2D eigenvalue weighted by atomic mass is 32.2. The molecule has 36 heavy (non-hydrogen) atoms. The number of fused-ring (bicyclic) bond motifs is 1. The van der Waals surface area contributed by atoms with E-state index in [2.05, 4.69) is 20.3 Å². The summed E-state index contributed by atoms with van der Waals surface area (Å²) < 4.78 is 35.1. The van der Waals surface area contributed by atoms with E-state index in [-0.39, 0.29) is 11.8 Å². The second-order valence-corrected chi connectivity index (χ2v) is 10.8. The fourth-order valence-electron chi connectivity index (χ4n) is 4.57. The maximum atomic E-state index is 12.2. The van der Waals surface area contributed by atoms with E-state index in [0.29, 0.717) is 35.0 Å². The Morgan fingerprint density at radius 3 is 2.61 bits per heavy atom. The van der Waals surface area contributed by atoms with E-state index in [4.69, 9.17) is 10.5 Å². The third kappa shape index (κ3) is 4.48. The van der Waals surface area contributed by atoms with Crippen LogP contribution >= 0.6 is 0 Å². The highest BCUT2D eigenvalue weighted by molar-refractivity contribution is 7.92. The van der Waals surface area contributed by atoms with Crippen molar-refractivity contribution in [3.8, 4) is 29.0 Å². The summed E-state index contributed by atoms with van der Waals surface area (Å²) in [5.74, 6) is 0.987. The average Bonchev–Trinajstić information content (AvgIpc) is 3.13. The lowest BCUT2D eigenvalue weighted by atomic mass is 9.92. The predicted octanol–water partition coefficient (Wildman–Crippen LogP) is 5.83. The molecule has 0 aliphatic heterocycles. The summed E-state index contributed by atoms with van der Waals surface area (Å²) in [4.78, 5) is 4.21. The molecule has 1 aliphatic carbocycles. The molecule has 2 aromatic carbocycles. The minimum absolute atomic E-state index is 0.0673. The van der Waals surface area contributed by atoms with Crippen LogP contribution in [0.3, 0.4) is 0 Å². The maximum absolute atomic E-state index is 12.2. The maximum Gasteiger partial charge on any atom is 0.242 e. The number of nitrogens with zero attached hydrogens (tertiary/aromatic N) is 3. The zero-order valence-electron chi connectivity index (χ0n) is 19.9. The fraction of sp³-hybridized carbons (Fsp3) is 0.259. The van der Waals surface area contributed by atoms with E-state index in [9.17, 15) is 13.7 Å². The Balaban J connectivity index is 1.59. The molecule has 5 rings (SSSR count). The molecule has 1 aliphatic rings. The number of nitrogens with two attached hydrogens (primary N) is 1. The smallest absolute Gasteiger partial charge is 0.242 e. The van der Waals surface area contributed by atoms with Gasteiger partial charge in [-0.05, 0) is 67.6 Å². The van der Waals surface area contributed by atoms with E-state index in [1.165, 1.54) is 0 Å². The molecule has 9 heteroatoms. The number of nitriles is 1. The topological polar surface area (TPSA) is 123 Å². The zero-order chi connectivity index (χ0) is 25.3. The summed E-state index contributed by atoms with van der Waals surface area (Å²) in [5.41, 5.74) is 10.1. The minimum atomic E-state index is -3.38. The number of nitrogen functional groups attached to an aromatic ring is 1. The molecule has 1 fully saturated rings. The van der Waals surface area contributed by atoms with Gasteiger partial charge in [0.1, 0.15) is 11.8 Å². The summed E-state index contributed by atoms with van der Waals surface area (Å²) in [7, 11) is -3.38. The third-order valence-corrected chi connectivity index (χ3v) is 7.94. The van der Waals surface area contributed by atoms with Crippen LogP contribution in [0.5, 0.6) is 11.6 Å². The summed E-state index contributed by atoms with van der Waals surface area (Å²) in [6, 6.07) is 19.0. The number of pyridine rings is 1. The quantitative estimate of drug-likeness (QED) is 0.313. The van der Waals surface area contributed by atoms with Gasteiger partial charge in [0.2, 0.25) is 15.9 Å². The van der Waals surface area contributed by atoms with Gasteiger partial charge in [0.25, 0.3) is 0 Å². The van der Waals surface area contributed by atoms with E-state index in [1.54, 1.807) is 30.5 Å². The number of aromatic nitrogens is 2. The number of sulfonamides is 1. The van der Waals surface area contributed by atoms with Crippen molar-refractivity contribution in [2.24, 2.45) is 0 Å². The van der Waals surface area contributed by atoms with Crippen molar-refractivity contribution in [2.75, 3.05) is 16.2 Å². The van der Waals surface area contributed by atoms with Crippen LogP contribution in [0.2, 0.25) is 0 Å². The van der Waals surface area contributed by atoms with Gasteiger partial charge in [-0.15, -0.1) is 0 Å². The largest absolute Gasteiger partial charge is 0.437 e. The Kier molecular flexibility index (Phi) is 6.29. The Morgan fingerprint density at radius 1 is 1.19 bits per heavy atom. The fourth-order valence-corrected chi connectivity index (χ4v) is 5.71. The minimum Gasteiger partial charge on any atom is -0.437 e. The lowest BCUT2D eigenvalue weighted by Crippen LogP contribution is -2.18. The van der Waals surface area contributed by atoms with Crippen LogP contribution in [0.4, 0.5) is 11.4 Å². The van der Waals surface area contributed by atoms with Gasteiger partial charge in [-0.1, -0.05) is 19.1 Å². The highest BCUT2D eigenvalue weighted by Crippen LogP contribution is 2.43. The summed E-state index contributed by atoms with van der Waals surface area (Å²) >= 11 is 0. The number of rotatable bonds is 8. The average molecular weight is 502 g/mol. The van der Waals surface area contributed by atoms with Crippen molar-refractivity contribution in [1.82, 2.24) is 9.55 Å². The van der Waals surface area contributed by atoms with Gasteiger partial charge >= 0.3 is 0 Å². The van der Waals surface area contributed by atoms with Crippen LogP contribution < -0.4 is 15.2 Å². The van der Waals surface area contributed by atoms with Crippen molar-refractivity contribution in [3.05, 3.63) is 66.4 Å². The van der Waals surface area contributed by atoms with Crippen molar-refractivity contribution >= 4 is 32.3 Å². The number of hydrogen-bond acceptors (Lipinski definition) is 6. The molecule has 0 unspecified atom stereocenters. The first kappa shape index (κ1) is 23.7. The molecular weight excluding hydrogens is 474 g/mol. The van der Waals surface area contributed by atoms with Gasteiger partial charge < -0.3 is 15.0 Å². The van der Waals surface area contributed by atoms with Gasteiger partial charge in [0.05, 0.1) is 28.2 Å². The predicted molar refractivity (Wildman–Crippen MR) is 141 cm³/mol. The summed E-state index contributed by atoms with van der Waals surface area (Å²) in [5, 5.41) is 11.0. The second kappa shape index (κ2) is 9.55. The lowest BCUT2D eigenvalue weighted by Gasteiger charge is -2.30. The Bertz CT molecular complexity index is 1570. The molecule has 2 heterocycles. The molecule has 3 N–H and O–H groups in total. The van der Waals surface area contributed by atoms with Crippen LogP contribution in [0, 0.1) is 11.3 Å². The number of ether oxygens (including phenoxy) is 1. The molecule has 184 valence electrons. The first-order valence-electron chi connectivity index (χ1n) is 12.0. The monoisotopic (exact) mass is 501 g/mol. The SMILES string of the molecule is CCCS(=O)(=O)Nc1ccc(-c2c(C#N)c3ccc(Oc4ncccc4N)cc3n2C2CCC2)cc1. The van der Waals surface area contributed by atoms with Crippen LogP contribution in [-0.4, -0.2) is 23.7 Å². The summed E-state index contributed by atoms with van der Waals surface area (Å²) in [6.07, 6.45) is 5.34. The molecule has 0 atom stereocenters. The van der Waals surface area contributed by atoms with Gasteiger partial charge in [0, 0.05) is 29.4 Å².